The minimum absolute atomic E-state index is 0.308. The van der Waals surface area contributed by atoms with E-state index in [1.165, 1.54) is 18.2 Å². The van der Waals surface area contributed by atoms with Gasteiger partial charge in [-0.05, 0) is 23.6 Å². The third kappa shape index (κ3) is 2.67. The van der Waals surface area contributed by atoms with Crippen LogP contribution in [-0.4, -0.2) is 12.0 Å². The zero-order valence-corrected chi connectivity index (χ0v) is 10.2. The lowest BCUT2D eigenvalue weighted by atomic mass is 9.94. The number of carbonyl (C=O) groups is 1. The molecule has 0 spiro atoms. The van der Waals surface area contributed by atoms with Crippen molar-refractivity contribution in [1.82, 2.24) is 0 Å². The molecule has 19 heavy (non-hydrogen) atoms. The van der Waals surface area contributed by atoms with Crippen LogP contribution in [-0.2, 0) is 0 Å². The maximum atomic E-state index is 12.6. The van der Waals surface area contributed by atoms with E-state index >= 15 is 0 Å². The molecule has 98 valence electrons. The van der Waals surface area contributed by atoms with E-state index in [1.54, 1.807) is 37.3 Å². The van der Waals surface area contributed by atoms with Crippen LogP contribution in [0.4, 0.5) is 13.2 Å². The molecule has 1 nitrogen and oxygen atoms in total. The number of alkyl halides is 3. The minimum atomic E-state index is -4.86. The molecule has 2 aromatic carbocycles. The summed E-state index contributed by atoms with van der Waals surface area (Å²) in [5.74, 6) is -1.81. The van der Waals surface area contributed by atoms with Crippen LogP contribution in [0, 0.1) is 6.92 Å². The van der Waals surface area contributed by atoms with Gasteiger partial charge in [-0.3, -0.25) is 4.79 Å². The van der Waals surface area contributed by atoms with E-state index in [9.17, 15) is 18.0 Å². The van der Waals surface area contributed by atoms with Crippen molar-refractivity contribution < 1.29 is 18.0 Å². The summed E-state index contributed by atoms with van der Waals surface area (Å²) in [6, 6.07) is 12.8. The molecule has 0 fully saturated rings. The van der Waals surface area contributed by atoms with Gasteiger partial charge in [0.05, 0.1) is 0 Å². The summed E-state index contributed by atoms with van der Waals surface area (Å²) in [4.78, 5) is 11.4. The number of carbonyl (C=O) groups excluding carboxylic acids is 1. The Hall–Kier alpha value is -2.10. The summed E-state index contributed by atoms with van der Waals surface area (Å²) in [5, 5.41) is 0. The van der Waals surface area contributed by atoms with Gasteiger partial charge < -0.3 is 0 Å². The smallest absolute Gasteiger partial charge is 0.284 e. The predicted octanol–water partition coefficient (Wildman–Crippen LogP) is 4.41. The number of benzene rings is 2. The zero-order valence-electron chi connectivity index (χ0n) is 10.2. The van der Waals surface area contributed by atoms with Gasteiger partial charge in [-0.2, -0.15) is 13.2 Å². The van der Waals surface area contributed by atoms with Crippen molar-refractivity contribution >= 4 is 5.78 Å². The molecule has 0 radical (unpaired) electrons. The van der Waals surface area contributed by atoms with Crippen molar-refractivity contribution in [2.24, 2.45) is 0 Å². The number of aryl methyl sites for hydroxylation is 1. The standard InChI is InChI=1S/C15H11F3O/c1-10-6-2-3-7-11(10)12-8-4-5-9-13(12)14(19)15(16,17)18/h2-9H,1H3. The highest BCUT2D eigenvalue weighted by Gasteiger charge is 2.40. The van der Waals surface area contributed by atoms with Crippen molar-refractivity contribution in [3.05, 3.63) is 59.7 Å². The summed E-state index contributed by atoms with van der Waals surface area (Å²) in [6.45, 7) is 1.80. The van der Waals surface area contributed by atoms with Gasteiger partial charge in [0.2, 0.25) is 0 Å². The molecule has 2 aromatic rings. The molecule has 2 rings (SSSR count). The van der Waals surface area contributed by atoms with Crippen molar-refractivity contribution in [3.63, 3.8) is 0 Å². The van der Waals surface area contributed by atoms with Crippen molar-refractivity contribution in [2.75, 3.05) is 0 Å². The second-order valence-electron chi connectivity index (χ2n) is 4.19. The zero-order chi connectivity index (χ0) is 14.0. The molecule has 0 saturated heterocycles. The molecule has 0 saturated carbocycles. The van der Waals surface area contributed by atoms with Gasteiger partial charge in [-0.15, -0.1) is 0 Å². The van der Waals surface area contributed by atoms with Crippen LogP contribution in [0.25, 0.3) is 11.1 Å². The average Bonchev–Trinajstić information content (AvgIpc) is 2.37. The summed E-state index contributed by atoms with van der Waals surface area (Å²) in [6.07, 6.45) is -4.86. The molecular formula is C15H11F3O. The highest BCUT2D eigenvalue weighted by atomic mass is 19.4. The van der Waals surface area contributed by atoms with Gasteiger partial charge in [-0.1, -0.05) is 48.5 Å². The number of rotatable bonds is 2. The summed E-state index contributed by atoms with van der Waals surface area (Å²) >= 11 is 0. The van der Waals surface area contributed by atoms with Crippen molar-refractivity contribution in [3.8, 4) is 11.1 Å². The lowest BCUT2D eigenvalue weighted by molar-refractivity contribution is -0.0884. The second kappa shape index (κ2) is 4.88. The molecule has 0 heterocycles. The number of halogens is 3. The fourth-order valence-corrected chi connectivity index (χ4v) is 1.94. The monoisotopic (exact) mass is 264 g/mol. The molecule has 4 heteroatoms. The van der Waals surface area contributed by atoms with Crippen LogP contribution in [0.5, 0.6) is 0 Å². The number of hydrogen-bond donors (Lipinski definition) is 0. The molecule has 0 amide bonds. The maximum Gasteiger partial charge on any atom is 0.454 e. The Labute approximate surface area is 108 Å². The highest BCUT2D eigenvalue weighted by Crippen LogP contribution is 2.31. The van der Waals surface area contributed by atoms with Crippen LogP contribution >= 0.6 is 0 Å². The fraction of sp³-hybridized carbons (Fsp3) is 0.133. The molecule has 0 N–H and O–H groups in total. The molecule has 0 aliphatic rings. The number of ketones is 1. The molecular weight excluding hydrogens is 253 g/mol. The van der Waals surface area contributed by atoms with Crippen LogP contribution in [0.15, 0.2) is 48.5 Å². The van der Waals surface area contributed by atoms with E-state index < -0.39 is 12.0 Å². The normalized spacial score (nSPS) is 11.4. The predicted molar refractivity (Wildman–Crippen MR) is 67.0 cm³/mol. The summed E-state index contributed by atoms with van der Waals surface area (Å²) in [7, 11) is 0. The Kier molecular flexibility index (Phi) is 3.42. The first-order valence-corrected chi connectivity index (χ1v) is 5.68. The molecule has 0 unspecified atom stereocenters. The lowest BCUT2D eigenvalue weighted by Crippen LogP contribution is -2.23. The maximum absolute atomic E-state index is 12.6. The second-order valence-corrected chi connectivity index (χ2v) is 4.19. The minimum Gasteiger partial charge on any atom is -0.284 e. The molecule has 0 aromatic heterocycles. The van der Waals surface area contributed by atoms with Crippen molar-refractivity contribution in [1.29, 1.82) is 0 Å². The van der Waals surface area contributed by atoms with E-state index in [4.69, 9.17) is 0 Å². The molecule has 0 bridgehead atoms. The van der Waals surface area contributed by atoms with Crippen LogP contribution in [0.3, 0.4) is 0 Å². The molecule has 0 atom stereocenters. The molecule has 0 aliphatic carbocycles. The SMILES string of the molecule is Cc1ccccc1-c1ccccc1C(=O)C(F)(F)F. The van der Waals surface area contributed by atoms with Crippen LogP contribution < -0.4 is 0 Å². The first-order chi connectivity index (χ1) is 8.91. The Balaban J connectivity index is 2.61. The van der Waals surface area contributed by atoms with Gasteiger partial charge in [0, 0.05) is 5.56 Å². The number of hydrogen-bond acceptors (Lipinski definition) is 1. The number of Topliss-reactive ketones (excluding diaryl/α,β-unsaturated/α-hetero) is 1. The summed E-state index contributed by atoms with van der Waals surface area (Å²) in [5.41, 5.74) is 1.45. The van der Waals surface area contributed by atoms with E-state index in [2.05, 4.69) is 0 Å². The topological polar surface area (TPSA) is 17.1 Å². The fourth-order valence-electron chi connectivity index (χ4n) is 1.94. The third-order valence-electron chi connectivity index (χ3n) is 2.86. The highest BCUT2D eigenvalue weighted by molar-refractivity contribution is 6.05. The van der Waals surface area contributed by atoms with Crippen LogP contribution in [0.2, 0.25) is 0 Å². The Bertz CT molecular complexity index is 615. The first-order valence-electron chi connectivity index (χ1n) is 5.68. The first kappa shape index (κ1) is 13.3. The largest absolute Gasteiger partial charge is 0.454 e. The van der Waals surface area contributed by atoms with Gasteiger partial charge in [0.1, 0.15) is 0 Å². The lowest BCUT2D eigenvalue weighted by Gasteiger charge is -2.12. The van der Waals surface area contributed by atoms with Gasteiger partial charge >= 0.3 is 6.18 Å². The van der Waals surface area contributed by atoms with Gasteiger partial charge in [0.25, 0.3) is 5.78 Å². The van der Waals surface area contributed by atoms with Gasteiger partial charge in [0.15, 0.2) is 0 Å². The van der Waals surface area contributed by atoms with E-state index in [-0.39, 0.29) is 5.56 Å². The Morgan fingerprint density at radius 3 is 2.00 bits per heavy atom. The molecule has 0 aliphatic heterocycles. The van der Waals surface area contributed by atoms with E-state index in [0.717, 1.165) is 5.56 Å². The average molecular weight is 264 g/mol. The van der Waals surface area contributed by atoms with Crippen LogP contribution in [0.1, 0.15) is 15.9 Å². The summed E-state index contributed by atoms with van der Waals surface area (Å²) < 4.78 is 37.7. The van der Waals surface area contributed by atoms with E-state index in [0.29, 0.717) is 11.1 Å². The van der Waals surface area contributed by atoms with Crippen molar-refractivity contribution in [2.45, 2.75) is 13.1 Å². The van der Waals surface area contributed by atoms with E-state index in [1.807, 2.05) is 0 Å². The Morgan fingerprint density at radius 2 is 1.42 bits per heavy atom. The van der Waals surface area contributed by atoms with Gasteiger partial charge in [-0.25, -0.2) is 0 Å². The Morgan fingerprint density at radius 1 is 0.895 bits per heavy atom. The third-order valence-corrected chi connectivity index (χ3v) is 2.86. The quantitative estimate of drug-likeness (QED) is 0.734.